The lowest BCUT2D eigenvalue weighted by molar-refractivity contribution is 0.893. The van der Waals surface area contributed by atoms with Crippen LogP contribution in [0.2, 0.25) is 0 Å². The third-order valence-electron chi connectivity index (χ3n) is 11.9. The van der Waals surface area contributed by atoms with Crippen LogP contribution in [0.15, 0.2) is 182 Å². The van der Waals surface area contributed by atoms with Crippen molar-refractivity contribution in [3.63, 3.8) is 0 Å². The van der Waals surface area contributed by atoms with Gasteiger partial charge in [0.25, 0.3) is 0 Å². The van der Waals surface area contributed by atoms with Gasteiger partial charge in [-0.2, -0.15) is 15.0 Å². The summed E-state index contributed by atoms with van der Waals surface area (Å²) in [5, 5.41) is 9.67. The van der Waals surface area contributed by atoms with Crippen LogP contribution in [0.5, 0.6) is 0 Å². The molecule has 0 aliphatic heterocycles. The zero-order valence-corrected chi connectivity index (χ0v) is 30.5. The summed E-state index contributed by atoms with van der Waals surface area (Å²) in [4.78, 5) is 16.1. The summed E-state index contributed by atoms with van der Waals surface area (Å²) in [6.45, 7) is 0. The summed E-state index contributed by atoms with van der Waals surface area (Å²) < 4.78 is 6.81. The molecule has 0 N–H and O–H groups in total. The second-order valence-electron chi connectivity index (χ2n) is 14.8. The molecule has 0 radical (unpaired) electrons. The maximum Gasteiger partial charge on any atom is 0.240 e. The van der Waals surface area contributed by atoms with Crippen molar-refractivity contribution in [3.8, 4) is 34.4 Å². The Hall–Kier alpha value is -7.83. The molecule has 0 saturated carbocycles. The molecule has 57 heavy (non-hydrogen) atoms. The van der Waals surface area contributed by atoms with E-state index in [1.165, 1.54) is 38.1 Å². The van der Waals surface area contributed by atoms with Gasteiger partial charge in [-0.3, -0.25) is 9.13 Å². The first kappa shape index (κ1) is 30.5. The summed E-state index contributed by atoms with van der Waals surface area (Å²) in [5.41, 5.74) is 10.9. The summed E-state index contributed by atoms with van der Waals surface area (Å²) in [6, 6.07) is 64.7. The van der Waals surface area contributed by atoms with E-state index in [1.807, 2.05) is 0 Å². The fraction of sp³-hybridized carbons (Fsp3) is 0. The molecule has 13 aromatic rings. The number of hydrogen-bond acceptors (Lipinski definition) is 3. The largest absolute Gasteiger partial charge is 0.308 e. The highest BCUT2D eigenvalue weighted by atomic mass is 15.3. The molecule has 0 aliphatic carbocycles. The van der Waals surface area contributed by atoms with Crippen molar-refractivity contribution >= 4 is 81.7 Å². The highest BCUT2D eigenvalue weighted by Gasteiger charge is 2.23. The van der Waals surface area contributed by atoms with E-state index in [9.17, 15) is 0 Å². The molecule has 13 rings (SSSR count). The molecule has 6 heteroatoms. The van der Waals surface area contributed by atoms with Gasteiger partial charge in [-0.15, -0.1) is 0 Å². The summed E-state index contributed by atoms with van der Waals surface area (Å²) in [5.74, 6) is 1.73. The van der Waals surface area contributed by atoms with Gasteiger partial charge in [0.05, 0.1) is 38.6 Å². The van der Waals surface area contributed by atoms with Crippen LogP contribution in [-0.4, -0.2) is 28.5 Å². The van der Waals surface area contributed by atoms with E-state index >= 15 is 0 Å². The van der Waals surface area contributed by atoms with Gasteiger partial charge in [0.15, 0.2) is 5.82 Å². The average Bonchev–Trinajstić information content (AvgIpc) is 4.01. The van der Waals surface area contributed by atoms with Crippen molar-refractivity contribution in [3.05, 3.63) is 182 Å². The number of benzene rings is 8. The molecule has 0 aliphatic rings. The SMILES string of the molecule is c1ccc(-c2nc(-n3c4ccccc4c4ccccc43)nc(-n3c4ccccc4c4ccccc43)n2)c(-c2ccc3c4cccc5c6ccccc6n(c3c2)c54)c1. The van der Waals surface area contributed by atoms with E-state index in [1.54, 1.807) is 0 Å². The predicted molar refractivity (Wildman–Crippen MR) is 234 cm³/mol. The minimum Gasteiger partial charge on any atom is -0.308 e. The van der Waals surface area contributed by atoms with Gasteiger partial charge in [-0.05, 0) is 47.5 Å². The number of para-hydroxylation sites is 6. The second-order valence-corrected chi connectivity index (χ2v) is 14.8. The molecule has 8 aromatic carbocycles. The van der Waals surface area contributed by atoms with Gasteiger partial charge in [0, 0.05) is 48.7 Å². The number of nitrogens with zero attached hydrogens (tertiary/aromatic N) is 6. The Balaban J connectivity index is 1.11. The van der Waals surface area contributed by atoms with Crippen LogP contribution in [0.1, 0.15) is 0 Å². The van der Waals surface area contributed by atoms with Crippen molar-refractivity contribution in [1.29, 1.82) is 0 Å². The number of hydrogen-bond donors (Lipinski definition) is 0. The van der Waals surface area contributed by atoms with Gasteiger partial charge in [-0.1, -0.05) is 146 Å². The first-order chi connectivity index (χ1) is 28.3. The molecule has 5 aromatic heterocycles. The maximum atomic E-state index is 5.39. The first-order valence-corrected chi connectivity index (χ1v) is 19.3. The number of fused-ring (bicyclic) bond motifs is 12. The Morgan fingerprint density at radius 3 is 1.23 bits per heavy atom. The van der Waals surface area contributed by atoms with Crippen LogP contribution in [0.3, 0.4) is 0 Å². The van der Waals surface area contributed by atoms with Gasteiger partial charge < -0.3 is 4.40 Å². The van der Waals surface area contributed by atoms with E-state index in [2.05, 4.69) is 196 Å². The lowest BCUT2D eigenvalue weighted by Crippen LogP contribution is -2.10. The number of aromatic nitrogens is 6. The summed E-state index contributed by atoms with van der Waals surface area (Å²) >= 11 is 0. The van der Waals surface area contributed by atoms with Gasteiger partial charge in [0.2, 0.25) is 11.9 Å². The molecule has 6 nitrogen and oxygen atoms in total. The zero-order chi connectivity index (χ0) is 37.2. The smallest absolute Gasteiger partial charge is 0.240 e. The minimum atomic E-state index is 0.565. The van der Waals surface area contributed by atoms with Crippen LogP contribution < -0.4 is 0 Å². The van der Waals surface area contributed by atoms with Crippen molar-refractivity contribution < 1.29 is 0 Å². The third kappa shape index (κ3) is 4.16. The normalized spacial score (nSPS) is 12.2. The van der Waals surface area contributed by atoms with Crippen molar-refractivity contribution in [2.75, 3.05) is 0 Å². The predicted octanol–water partition coefficient (Wildman–Crippen LogP) is 12.5. The first-order valence-electron chi connectivity index (χ1n) is 19.3. The Labute approximate surface area is 325 Å². The van der Waals surface area contributed by atoms with Crippen molar-refractivity contribution in [2.45, 2.75) is 0 Å². The van der Waals surface area contributed by atoms with E-state index in [4.69, 9.17) is 15.0 Å². The van der Waals surface area contributed by atoms with Crippen LogP contribution in [0.25, 0.3) is 116 Å². The fourth-order valence-electron chi connectivity index (χ4n) is 9.48. The standard InChI is InChI=1S/C51H30N6/c1-2-20-41(32(14-1)31-28-29-38-40-22-13-21-39-37-19-7-8-23-42(37)55(48(39)40)47(38)30-31)49-52-50(56-43-24-9-3-15-33(43)34-16-4-10-25-44(34)56)54-51(53-49)57-45-26-11-5-17-35(45)36-18-6-12-27-46(36)57/h1-30H. The second kappa shape index (κ2) is 11.4. The number of rotatable bonds is 4. The van der Waals surface area contributed by atoms with Crippen molar-refractivity contribution in [2.24, 2.45) is 0 Å². The Kier molecular flexibility index (Phi) is 6.07. The molecule has 0 spiro atoms. The van der Waals surface area contributed by atoms with Crippen LogP contribution >= 0.6 is 0 Å². The monoisotopic (exact) mass is 726 g/mol. The molecule has 5 heterocycles. The Morgan fingerprint density at radius 1 is 0.298 bits per heavy atom. The van der Waals surface area contributed by atoms with E-state index in [0.29, 0.717) is 17.7 Å². The van der Waals surface area contributed by atoms with Gasteiger partial charge in [0.1, 0.15) is 0 Å². The lowest BCUT2D eigenvalue weighted by atomic mass is 9.97. The Morgan fingerprint density at radius 2 is 0.702 bits per heavy atom. The minimum absolute atomic E-state index is 0.565. The Bertz CT molecular complexity index is 3530. The molecule has 0 atom stereocenters. The molecule has 0 fully saturated rings. The topological polar surface area (TPSA) is 52.9 Å². The van der Waals surface area contributed by atoms with Crippen LogP contribution in [0, 0.1) is 0 Å². The van der Waals surface area contributed by atoms with E-state index in [-0.39, 0.29) is 0 Å². The van der Waals surface area contributed by atoms with Crippen LogP contribution in [-0.2, 0) is 0 Å². The highest BCUT2D eigenvalue weighted by molar-refractivity contribution is 6.23. The van der Waals surface area contributed by atoms with Crippen LogP contribution in [0.4, 0.5) is 0 Å². The molecular weight excluding hydrogens is 697 g/mol. The molecule has 264 valence electrons. The molecule has 0 amide bonds. The van der Waals surface area contributed by atoms with Gasteiger partial charge in [-0.25, -0.2) is 0 Å². The van der Waals surface area contributed by atoms with E-state index in [0.717, 1.165) is 60.3 Å². The molecule has 0 unspecified atom stereocenters. The molecule has 0 bridgehead atoms. The van der Waals surface area contributed by atoms with E-state index < -0.39 is 0 Å². The zero-order valence-electron chi connectivity index (χ0n) is 30.5. The van der Waals surface area contributed by atoms with Crippen molar-refractivity contribution in [1.82, 2.24) is 28.5 Å². The highest BCUT2D eigenvalue weighted by Crippen LogP contribution is 2.42. The van der Waals surface area contributed by atoms with Gasteiger partial charge >= 0.3 is 0 Å². The fourth-order valence-corrected chi connectivity index (χ4v) is 9.48. The summed E-state index contributed by atoms with van der Waals surface area (Å²) in [6.07, 6.45) is 0. The third-order valence-corrected chi connectivity index (χ3v) is 11.9. The molecule has 0 saturated heterocycles. The quantitative estimate of drug-likeness (QED) is 0.181. The average molecular weight is 727 g/mol. The lowest BCUT2D eigenvalue weighted by Gasteiger charge is -2.14. The summed E-state index contributed by atoms with van der Waals surface area (Å²) in [7, 11) is 0. The maximum absolute atomic E-state index is 5.39. The molecular formula is C51H30N6.